The Labute approximate surface area is 142 Å². The van der Waals surface area contributed by atoms with E-state index in [2.05, 4.69) is 10.2 Å². The third kappa shape index (κ3) is 4.32. The van der Waals surface area contributed by atoms with Crippen LogP contribution < -0.4 is 5.32 Å². The van der Waals surface area contributed by atoms with Gasteiger partial charge in [-0.15, -0.1) is 0 Å². The van der Waals surface area contributed by atoms with Gasteiger partial charge in [0.2, 0.25) is 5.91 Å². The van der Waals surface area contributed by atoms with Crippen LogP contribution in [0.4, 0.5) is 4.39 Å². The number of carbonyl (C=O) groups excluding carboxylic acids is 1. The number of rotatable bonds is 5. The molecule has 2 saturated heterocycles. The largest absolute Gasteiger partial charge is 0.351 e. The first-order valence-corrected chi connectivity index (χ1v) is 8.63. The number of halogens is 1. The molecule has 2 aliphatic heterocycles. The van der Waals surface area contributed by atoms with E-state index in [1.165, 1.54) is 12.1 Å². The Morgan fingerprint density at radius 3 is 2.50 bits per heavy atom. The zero-order chi connectivity index (χ0) is 16.9. The van der Waals surface area contributed by atoms with Gasteiger partial charge >= 0.3 is 0 Å². The summed E-state index contributed by atoms with van der Waals surface area (Å²) in [6.07, 6.45) is 1.91. The van der Waals surface area contributed by atoms with E-state index in [0.717, 1.165) is 31.5 Å². The first-order valence-electron chi connectivity index (χ1n) is 8.63. The van der Waals surface area contributed by atoms with Crippen molar-refractivity contribution >= 4 is 5.91 Å². The van der Waals surface area contributed by atoms with E-state index in [1.54, 1.807) is 12.1 Å². The van der Waals surface area contributed by atoms with E-state index in [-0.39, 0.29) is 24.1 Å². The maximum atomic E-state index is 12.9. The van der Waals surface area contributed by atoms with Crippen molar-refractivity contribution in [1.29, 1.82) is 0 Å². The summed E-state index contributed by atoms with van der Waals surface area (Å²) < 4.78 is 24.1. The third-order valence-corrected chi connectivity index (χ3v) is 4.91. The Bertz CT molecular complexity index is 538. The molecule has 2 fully saturated rings. The highest BCUT2D eigenvalue weighted by atomic mass is 19.1. The molecule has 2 aliphatic rings. The average Bonchev–Trinajstić information content (AvgIpc) is 3.15. The minimum absolute atomic E-state index is 0.00569. The van der Waals surface area contributed by atoms with E-state index in [9.17, 15) is 9.18 Å². The fourth-order valence-electron chi connectivity index (χ4n) is 3.33. The van der Waals surface area contributed by atoms with Gasteiger partial charge in [-0.1, -0.05) is 12.1 Å². The van der Waals surface area contributed by atoms with Gasteiger partial charge in [-0.2, -0.15) is 0 Å². The summed E-state index contributed by atoms with van der Waals surface area (Å²) in [6.45, 7) is 5.48. The molecule has 5 nitrogen and oxygen atoms in total. The van der Waals surface area contributed by atoms with Crippen LogP contribution >= 0.6 is 0 Å². The van der Waals surface area contributed by atoms with Crippen LogP contribution in [0.1, 0.15) is 25.3 Å². The molecule has 24 heavy (non-hydrogen) atoms. The number of carbonyl (C=O) groups is 1. The van der Waals surface area contributed by atoms with Crippen molar-refractivity contribution in [2.75, 3.05) is 26.3 Å². The minimum atomic E-state index is -0.267. The summed E-state index contributed by atoms with van der Waals surface area (Å²) in [6, 6.07) is 6.02. The van der Waals surface area contributed by atoms with Crippen molar-refractivity contribution in [2.45, 2.75) is 38.6 Å². The number of nitrogens with one attached hydrogen (secondary N) is 1. The summed E-state index contributed by atoms with van der Waals surface area (Å²) in [5.41, 5.74) is 0.895. The molecule has 132 valence electrons. The second-order valence-corrected chi connectivity index (χ2v) is 6.50. The highest BCUT2D eigenvalue weighted by Gasteiger charge is 2.32. The number of piperidine rings is 1. The molecule has 3 rings (SSSR count). The molecule has 1 amide bonds. The molecule has 6 heteroatoms. The van der Waals surface area contributed by atoms with Crippen LogP contribution in [-0.2, 0) is 20.8 Å². The normalized spacial score (nSPS) is 21.8. The maximum absolute atomic E-state index is 12.9. The topological polar surface area (TPSA) is 50.8 Å². The molecule has 1 atom stereocenters. The van der Waals surface area contributed by atoms with Gasteiger partial charge in [0, 0.05) is 12.5 Å². The van der Waals surface area contributed by atoms with Gasteiger partial charge in [0.1, 0.15) is 5.82 Å². The molecule has 1 unspecified atom stereocenters. The van der Waals surface area contributed by atoms with Crippen LogP contribution in [0.3, 0.4) is 0 Å². The number of nitrogens with zero attached hydrogens (tertiary/aromatic N) is 1. The summed E-state index contributed by atoms with van der Waals surface area (Å²) in [4.78, 5) is 14.5. The summed E-state index contributed by atoms with van der Waals surface area (Å²) >= 11 is 0. The zero-order valence-electron chi connectivity index (χ0n) is 14.0. The van der Waals surface area contributed by atoms with E-state index in [0.29, 0.717) is 25.7 Å². The average molecular weight is 336 g/mol. The number of amides is 1. The van der Waals surface area contributed by atoms with Crippen molar-refractivity contribution in [2.24, 2.45) is 5.92 Å². The fraction of sp³-hybridized carbons (Fsp3) is 0.611. The highest BCUT2D eigenvalue weighted by molar-refractivity contribution is 5.81. The first-order chi connectivity index (χ1) is 11.6. The minimum Gasteiger partial charge on any atom is -0.351 e. The number of ether oxygens (including phenoxy) is 2. The molecule has 0 radical (unpaired) electrons. The molecule has 0 spiro atoms. The number of likely N-dealkylation sites (tertiary alicyclic amines) is 1. The quantitative estimate of drug-likeness (QED) is 0.892. The van der Waals surface area contributed by atoms with Crippen molar-refractivity contribution in [3.63, 3.8) is 0 Å². The van der Waals surface area contributed by atoms with Gasteiger partial charge in [0.15, 0.2) is 6.29 Å². The van der Waals surface area contributed by atoms with E-state index in [1.807, 2.05) is 6.92 Å². The van der Waals surface area contributed by atoms with Gasteiger partial charge in [0.05, 0.1) is 19.3 Å². The first kappa shape index (κ1) is 17.3. The van der Waals surface area contributed by atoms with Gasteiger partial charge in [-0.25, -0.2) is 4.39 Å². The molecule has 0 aliphatic carbocycles. The Hall–Kier alpha value is -1.50. The van der Waals surface area contributed by atoms with Gasteiger partial charge in [0.25, 0.3) is 0 Å². The maximum Gasteiger partial charge on any atom is 0.237 e. The molecule has 0 aromatic heterocycles. The van der Waals surface area contributed by atoms with Gasteiger partial charge in [-0.3, -0.25) is 9.69 Å². The van der Waals surface area contributed by atoms with Crippen molar-refractivity contribution in [3.8, 4) is 0 Å². The Morgan fingerprint density at radius 2 is 1.88 bits per heavy atom. The molecule has 0 bridgehead atoms. The van der Waals surface area contributed by atoms with Crippen LogP contribution in [0, 0.1) is 11.7 Å². The predicted molar refractivity (Wildman–Crippen MR) is 87.7 cm³/mol. The SMILES string of the molecule is CC(C(=O)NCc1ccc(F)cc1)N1CCC(C2OCCO2)CC1. The van der Waals surface area contributed by atoms with Crippen molar-refractivity contribution < 1.29 is 18.7 Å². The fourth-order valence-corrected chi connectivity index (χ4v) is 3.33. The van der Waals surface area contributed by atoms with Crippen LogP contribution in [0.25, 0.3) is 0 Å². The highest BCUT2D eigenvalue weighted by Crippen LogP contribution is 2.26. The molecular weight excluding hydrogens is 311 g/mol. The number of hydrogen-bond donors (Lipinski definition) is 1. The van der Waals surface area contributed by atoms with E-state index in [4.69, 9.17) is 9.47 Å². The molecule has 2 heterocycles. The van der Waals surface area contributed by atoms with Gasteiger partial charge < -0.3 is 14.8 Å². The summed E-state index contributed by atoms with van der Waals surface area (Å²) in [7, 11) is 0. The Kier molecular flexibility index (Phi) is 5.81. The van der Waals surface area contributed by atoms with Crippen molar-refractivity contribution in [3.05, 3.63) is 35.6 Å². The molecule has 0 saturated carbocycles. The molecule has 1 aromatic carbocycles. The predicted octanol–water partition coefficient (Wildman–Crippen LogP) is 1.92. The zero-order valence-corrected chi connectivity index (χ0v) is 14.0. The second kappa shape index (κ2) is 8.05. The van der Waals surface area contributed by atoms with E-state index >= 15 is 0 Å². The monoisotopic (exact) mass is 336 g/mol. The Morgan fingerprint density at radius 1 is 1.25 bits per heavy atom. The smallest absolute Gasteiger partial charge is 0.237 e. The molecular formula is C18H25FN2O3. The molecule has 1 N–H and O–H groups in total. The van der Waals surface area contributed by atoms with Crippen LogP contribution in [0.2, 0.25) is 0 Å². The molecule has 1 aromatic rings. The lowest BCUT2D eigenvalue weighted by atomic mass is 9.95. The third-order valence-electron chi connectivity index (χ3n) is 4.91. The van der Waals surface area contributed by atoms with Crippen LogP contribution in [0.5, 0.6) is 0 Å². The lowest BCUT2D eigenvalue weighted by molar-refractivity contribution is -0.128. The lowest BCUT2D eigenvalue weighted by Gasteiger charge is -2.36. The van der Waals surface area contributed by atoms with E-state index < -0.39 is 0 Å². The standard InChI is InChI=1S/C18H25FN2O3/c1-13(17(22)20-12-14-2-4-16(19)5-3-14)21-8-6-15(7-9-21)18-23-10-11-24-18/h2-5,13,15,18H,6-12H2,1H3,(H,20,22). The summed E-state index contributed by atoms with van der Waals surface area (Å²) in [5.74, 6) is 0.168. The van der Waals surface area contributed by atoms with Gasteiger partial charge in [-0.05, 0) is 50.6 Å². The second-order valence-electron chi connectivity index (χ2n) is 6.50. The van der Waals surface area contributed by atoms with Crippen LogP contribution in [0.15, 0.2) is 24.3 Å². The number of hydrogen-bond acceptors (Lipinski definition) is 4. The lowest BCUT2D eigenvalue weighted by Crippen LogP contribution is -2.49. The Balaban J connectivity index is 1.43. The van der Waals surface area contributed by atoms with Crippen molar-refractivity contribution in [1.82, 2.24) is 10.2 Å². The van der Waals surface area contributed by atoms with Crippen LogP contribution in [-0.4, -0.2) is 49.4 Å². The number of benzene rings is 1. The summed E-state index contributed by atoms with van der Waals surface area (Å²) in [5, 5.41) is 2.93.